The van der Waals surface area contributed by atoms with Crippen molar-refractivity contribution in [2.45, 2.75) is 13.3 Å². The first kappa shape index (κ1) is 18.1. The fourth-order valence-electron chi connectivity index (χ4n) is 2.53. The van der Waals surface area contributed by atoms with Gasteiger partial charge in [0, 0.05) is 11.8 Å². The Hall–Kier alpha value is -3.28. The first-order valence-electron chi connectivity index (χ1n) is 7.64. The third kappa shape index (κ3) is 3.80. The number of carboxylic acids is 1. The summed E-state index contributed by atoms with van der Waals surface area (Å²) in [6.07, 6.45) is 1.05. The highest BCUT2D eigenvalue weighted by Gasteiger charge is 2.14. The maximum Gasteiger partial charge on any atom is 0.335 e. The summed E-state index contributed by atoms with van der Waals surface area (Å²) in [7, 11) is 1.62. The fraction of sp³-hybridized carbons (Fsp3) is 0.158. The van der Waals surface area contributed by atoms with Crippen LogP contribution in [0.2, 0.25) is 0 Å². The topological polar surface area (TPSA) is 103 Å². The molecule has 25 heavy (non-hydrogen) atoms. The largest absolute Gasteiger partial charge is 0.493 e. The van der Waals surface area contributed by atoms with Crippen LogP contribution in [0.3, 0.4) is 0 Å². The van der Waals surface area contributed by atoms with Gasteiger partial charge in [-0.05, 0) is 41.5 Å². The van der Waals surface area contributed by atoms with Crippen molar-refractivity contribution in [3.8, 4) is 16.9 Å². The van der Waals surface area contributed by atoms with Gasteiger partial charge in [-0.15, -0.1) is 0 Å². The maximum absolute atomic E-state index is 11.0. The number of hydrogen-bond acceptors (Lipinski definition) is 4. The van der Waals surface area contributed by atoms with E-state index in [9.17, 15) is 4.79 Å². The summed E-state index contributed by atoms with van der Waals surface area (Å²) in [5.41, 5.74) is 7.10. The molecule has 1 aromatic heterocycles. The van der Waals surface area contributed by atoms with Crippen molar-refractivity contribution in [1.82, 2.24) is 0 Å². The molecule has 1 amide bonds. The molecule has 0 bridgehead atoms. The molecule has 1 heterocycles. The number of benzene rings is 2. The number of ether oxygens (including phenoxy) is 1. The lowest BCUT2D eigenvalue weighted by atomic mass is 10.00. The molecule has 0 saturated heterocycles. The van der Waals surface area contributed by atoms with E-state index in [4.69, 9.17) is 19.1 Å². The van der Waals surface area contributed by atoms with Gasteiger partial charge in [0.05, 0.1) is 12.7 Å². The van der Waals surface area contributed by atoms with Crippen LogP contribution in [0.5, 0.6) is 5.75 Å². The van der Waals surface area contributed by atoms with Gasteiger partial charge in [0.25, 0.3) is 0 Å². The summed E-state index contributed by atoms with van der Waals surface area (Å²) < 4.78 is 11.2. The minimum Gasteiger partial charge on any atom is -0.493 e. The third-order valence-corrected chi connectivity index (χ3v) is 3.71. The number of hydrogen-bond donors (Lipinski definition) is 2. The Morgan fingerprint density at radius 1 is 1.24 bits per heavy atom. The van der Waals surface area contributed by atoms with E-state index < -0.39 is 5.97 Å². The van der Waals surface area contributed by atoms with Crippen molar-refractivity contribution < 1.29 is 23.8 Å². The number of methoxy groups -OCH3 is 1. The summed E-state index contributed by atoms with van der Waals surface area (Å²) in [5.74, 6) is 0.659. The van der Waals surface area contributed by atoms with Crippen LogP contribution in [-0.4, -0.2) is 24.6 Å². The van der Waals surface area contributed by atoms with Gasteiger partial charge in [-0.1, -0.05) is 19.1 Å². The number of carboxylic acid groups (broad SMARTS) is 1. The molecule has 0 unspecified atom stereocenters. The van der Waals surface area contributed by atoms with Crippen LogP contribution < -0.4 is 10.5 Å². The molecule has 3 aromatic rings. The molecule has 6 heteroatoms. The van der Waals surface area contributed by atoms with E-state index in [1.165, 1.54) is 0 Å². The van der Waals surface area contributed by atoms with E-state index in [0.29, 0.717) is 5.75 Å². The Morgan fingerprint density at radius 2 is 1.88 bits per heavy atom. The Balaban J connectivity index is 0.000000701. The molecular weight excluding hydrogens is 322 g/mol. The molecule has 0 saturated carbocycles. The van der Waals surface area contributed by atoms with Gasteiger partial charge in [-0.25, -0.2) is 4.79 Å². The molecule has 0 fully saturated rings. The lowest BCUT2D eigenvalue weighted by molar-refractivity contribution is -0.106. The van der Waals surface area contributed by atoms with Crippen LogP contribution in [0.1, 0.15) is 23.0 Å². The van der Waals surface area contributed by atoms with Crippen molar-refractivity contribution >= 4 is 23.3 Å². The highest BCUT2D eigenvalue weighted by molar-refractivity contribution is 5.98. The van der Waals surface area contributed by atoms with Gasteiger partial charge >= 0.3 is 5.97 Å². The molecule has 3 N–H and O–H groups in total. The minimum atomic E-state index is -0.928. The van der Waals surface area contributed by atoms with Gasteiger partial charge in [0.15, 0.2) is 11.3 Å². The molecular formula is C19H19NO5. The van der Waals surface area contributed by atoms with Crippen molar-refractivity contribution in [2.24, 2.45) is 5.73 Å². The zero-order valence-electron chi connectivity index (χ0n) is 14.0. The number of carbonyl (C=O) groups excluding carboxylic acids is 1. The lowest BCUT2D eigenvalue weighted by Crippen LogP contribution is -1.95. The Labute approximate surface area is 144 Å². The zero-order chi connectivity index (χ0) is 18.4. The molecule has 6 nitrogen and oxygen atoms in total. The van der Waals surface area contributed by atoms with E-state index in [2.05, 4.69) is 5.73 Å². The summed E-state index contributed by atoms with van der Waals surface area (Å²) >= 11 is 0. The van der Waals surface area contributed by atoms with Crippen LogP contribution in [0.25, 0.3) is 22.1 Å². The quantitative estimate of drug-likeness (QED) is 0.707. The second-order valence-electron chi connectivity index (χ2n) is 5.14. The molecule has 2 aromatic carbocycles. The van der Waals surface area contributed by atoms with E-state index >= 15 is 0 Å². The molecule has 0 radical (unpaired) electrons. The molecule has 0 aliphatic rings. The van der Waals surface area contributed by atoms with Gasteiger partial charge in [0.2, 0.25) is 6.41 Å². The van der Waals surface area contributed by atoms with E-state index in [1.807, 2.05) is 37.3 Å². The summed E-state index contributed by atoms with van der Waals surface area (Å²) in [6.45, 7) is 2.03. The highest BCUT2D eigenvalue weighted by atomic mass is 16.5. The number of amides is 1. The van der Waals surface area contributed by atoms with Crippen molar-refractivity contribution in [3.63, 3.8) is 0 Å². The monoisotopic (exact) mass is 341 g/mol. The number of fused-ring (bicyclic) bond motifs is 1. The molecule has 0 aliphatic carbocycles. The second-order valence-corrected chi connectivity index (χ2v) is 5.14. The number of primary amides is 1. The van der Waals surface area contributed by atoms with E-state index in [-0.39, 0.29) is 12.0 Å². The summed E-state index contributed by atoms with van der Waals surface area (Å²) in [4.78, 5) is 19.5. The molecule has 0 aliphatic heterocycles. The normalized spacial score (nSPS) is 10.0. The number of furan rings is 1. The number of carbonyl (C=O) groups is 2. The number of rotatable bonds is 4. The highest BCUT2D eigenvalue weighted by Crippen LogP contribution is 2.36. The van der Waals surface area contributed by atoms with Crippen LogP contribution >= 0.6 is 0 Å². The summed E-state index contributed by atoms with van der Waals surface area (Å²) in [5, 5.41) is 9.96. The zero-order valence-corrected chi connectivity index (χ0v) is 14.0. The lowest BCUT2D eigenvalue weighted by Gasteiger charge is -2.06. The molecule has 0 spiro atoms. The first-order chi connectivity index (χ1) is 12.0. The van der Waals surface area contributed by atoms with Gasteiger partial charge < -0.3 is 20.0 Å². The predicted molar refractivity (Wildman–Crippen MR) is 94.8 cm³/mol. The maximum atomic E-state index is 11.0. The van der Waals surface area contributed by atoms with Crippen LogP contribution in [0.15, 0.2) is 46.9 Å². The average molecular weight is 341 g/mol. The Kier molecular flexibility index (Phi) is 5.79. The molecule has 130 valence electrons. The smallest absolute Gasteiger partial charge is 0.335 e. The first-order valence-corrected chi connectivity index (χ1v) is 7.64. The van der Waals surface area contributed by atoms with Crippen molar-refractivity contribution in [1.29, 1.82) is 0 Å². The molecule has 0 atom stereocenters. The average Bonchev–Trinajstić information content (AvgIpc) is 3.06. The third-order valence-electron chi connectivity index (χ3n) is 3.71. The second kappa shape index (κ2) is 8.01. The van der Waals surface area contributed by atoms with Crippen molar-refractivity contribution in [2.75, 3.05) is 7.11 Å². The van der Waals surface area contributed by atoms with Crippen LogP contribution in [0, 0.1) is 0 Å². The molecule has 3 rings (SSSR count). The predicted octanol–water partition coefficient (Wildman–Crippen LogP) is 3.47. The Bertz CT molecular complexity index is 881. The number of aromatic carboxylic acids is 1. The standard InChI is InChI=1S/C18H16O4.CH3NO/c1-3-13-10-15-14(8-9-16(21-2)17(15)22-13)11-4-6-12(7-5-11)18(19)20;2-1-3/h4-10H,3H2,1-2H3,(H,19,20);1H,(H2,2,3). The van der Waals surface area contributed by atoms with E-state index in [1.54, 1.807) is 19.2 Å². The Morgan fingerprint density at radius 3 is 2.40 bits per heavy atom. The van der Waals surface area contributed by atoms with Crippen LogP contribution in [-0.2, 0) is 11.2 Å². The minimum absolute atomic E-state index is 0.250. The van der Waals surface area contributed by atoms with Crippen molar-refractivity contribution in [3.05, 3.63) is 53.8 Å². The van der Waals surface area contributed by atoms with Gasteiger partial charge in [-0.2, -0.15) is 0 Å². The van der Waals surface area contributed by atoms with Gasteiger partial charge in [0.1, 0.15) is 5.76 Å². The fourth-order valence-corrected chi connectivity index (χ4v) is 2.53. The number of nitrogens with two attached hydrogens (primary N) is 1. The number of aryl methyl sites for hydroxylation is 1. The SMILES string of the molecule is CCc1cc2c(-c3ccc(C(=O)O)cc3)ccc(OC)c2o1.NC=O. The van der Waals surface area contributed by atoms with E-state index in [0.717, 1.165) is 34.3 Å². The van der Waals surface area contributed by atoms with Crippen LogP contribution in [0.4, 0.5) is 0 Å². The summed E-state index contributed by atoms with van der Waals surface area (Å²) in [6, 6.07) is 12.7. The van der Waals surface area contributed by atoms with Gasteiger partial charge in [-0.3, -0.25) is 4.79 Å².